The van der Waals surface area contributed by atoms with E-state index in [4.69, 9.17) is 0 Å². The normalized spacial score (nSPS) is 17.5. The summed E-state index contributed by atoms with van der Waals surface area (Å²) in [6.07, 6.45) is 5.26. The van der Waals surface area contributed by atoms with Crippen LogP contribution in [0.25, 0.3) is 0 Å². The number of amides is 2. The highest BCUT2D eigenvalue weighted by Gasteiger charge is 2.28. The standard InChI is InChI=1S/C27H33F2N3O2/c28-23-12-10-21(11-13-23)20-32(26(33)22-6-2-1-3-7-22)19-16-30-14-17-31(18-15-30)27(34)24-8-4-5-9-25(24)29/h4-5,8-13,22H,1-3,6-7,14-20H2. The van der Waals surface area contributed by atoms with Gasteiger partial charge in [-0.15, -0.1) is 0 Å². The van der Waals surface area contributed by atoms with E-state index >= 15 is 0 Å². The van der Waals surface area contributed by atoms with E-state index < -0.39 is 5.82 Å². The molecule has 34 heavy (non-hydrogen) atoms. The highest BCUT2D eigenvalue weighted by molar-refractivity contribution is 5.94. The number of benzene rings is 2. The molecule has 1 saturated heterocycles. The van der Waals surface area contributed by atoms with E-state index in [0.717, 1.165) is 31.2 Å². The van der Waals surface area contributed by atoms with Crippen LogP contribution in [0.1, 0.15) is 48.0 Å². The minimum Gasteiger partial charge on any atom is -0.337 e. The number of carbonyl (C=O) groups is 2. The molecule has 0 unspecified atom stereocenters. The second kappa shape index (κ2) is 11.6. The monoisotopic (exact) mass is 469 g/mol. The molecule has 2 aromatic rings. The van der Waals surface area contributed by atoms with Gasteiger partial charge < -0.3 is 9.80 Å². The summed E-state index contributed by atoms with van der Waals surface area (Å²) < 4.78 is 27.3. The molecule has 1 aliphatic heterocycles. The zero-order valence-electron chi connectivity index (χ0n) is 19.6. The minimum atomic E-state index is -0.493. The van der Waals surface area contributed by atoms with E-state index in [1.165, 1.54) is 30.7 Å². The Morgan fingerprint density at radius 2 is 1.56 bits per heavy atom. The van der Waals surface area contributed by atoms with Crippen LogP contribution in [0.4, 0.5) is 8.78 Å². The summed E-state index contributed by atoms with van der Waals surface area (Å²) in [5.41, 5.74) is 1.03. The summed E-state index contributed by atoms with van der Waals surface area (Å²) in [6.45, 7) is 4.20. The molecule has 0 bridgehead atoms. The van der Waals surface area contributed by atoms with Gasteiger partial charge in [-0.25, -0.2) is 8.78 Å². The van der Waals surface area contributed by atoms with E-state index in [2.05, 4.69) is 4.90 Å². The third-order valence-electron chi connectivity index (χ3n) is 7.00. The fourth-order valence-corrected chi connectivity index (χ4v) is 4.93. The molecular formula is C27H33F2N3O2. The smallest absolute Gasteiger partial charge is 0.256 e. The van der Waals surface area contributed by atoms with Crippen LogP contribution in [0.3, 0.4) is 0 Å². The van der Waals surface area contributed by atoms with Crippen LogP contribution >= 0.6 is 0 Å². The zero-order valence-corrected chi connectivity index (χ0v) is 19.6. The first-order valence-corrected chi connectivity index (χ1v) is 12.3. The molecule has 0 radical (unpaired) electrons. The van der Waals surface area contributed by atoms with Crippen molar-refractivity contribution in [3.05, 3.63) is 71.3 Å². The Kier molecular flexibility index (Phi) is 8.27. The van der Waals surface area contributed by atoms with Crippen LogP contribution < -0.4 is 0 Å². The van der Waals surface area contributed by atoms with Gasteiger partial charge in [0.15, 0.2) is 0 Å². The van der Waals surface area contributed by atoms with E-state index in [9.17, 15) is 18.4 Å². The van der Waals surface area contributed by atoms with Crippen molar-refractivity contribution in [2.45, 2.75) is 38.6 Å². The van der Waals surface area contributed by atoms with Crippen LogP contribution in [0.15, 0.2) is 48.5 Å². The number of halogens is 2. The van der Waals surface area contributed by atoms with Crippen LogP contribution in [0.2, 0.25) is 0 Å². The first-order chi connectivity index (χ1) is 16.5. The molecule has 4 rings (SSSR count). The molecule has 2 aromatic carbocycles. The molecule has 5 nitrogen and oxygen atoms in total. The number of carbonyl (C=O) groups excluding carboxylic acids is 2. The van der Waals surface area contributed by atoms with Crippen LogP contribution in [0, 0.1) is 17.6 Å². The highest BCUT2D eigenvalue weighted by Crippen LogP contribution is 2.26. The van der Waals surface area contributed by atoms with Crippen molar-refractivity contribution >= 4 is 11.8 Å². The highest BCUT2D eigenvalue weighted by atomic mass is 19.1. The number of piperazine rings is 1. The molecule has 1 heterocycles. The van der Waals surface area contributed by atoms with Crippen LogP contribution in [0.5, 0.6) is 0 Å². The number of hydrogen-bond donors (Lipinski definition) is 0. The van der Waals surface area contributed by atoms with Gasteiger partial charge in [-0.1, -0.05) is 43.5 Å². The van der Waals surface area contributed by atoms with Crippen molar-refractivity contribution in [1.29, 1.82) is 0 Å². The van der Waals surface area contributed by atoms with Gasteiger partial charge in [0.2, 0.25) is 5.91 Å². The summed E-state index contributed by atoms with van der Waals surface area (Å²) in [5, 5.41) is 0. The van der Waals surface area contributed by atoms with Crippen molar-refractivity contribution in [3.8, 4) is 0 Å². The van der Waals surface area contributed by atoms with Crippen LogP contribution in [-0.4, -0.2) is 65.8 Å². The van der Waals surface area contributed by atoms with E-state index in [0.29, 0.717) is 45.8 Å². The number of nitrogens with zero attached hydrogens (tertiary/aromatic N) is 3. The summed E-state index contributed by atoms with van der Waals surface area (Å²) in [4.78, 5) is 31.8. The molecule has 1 saturated carbocycles. The lowest BCUT2D eigenvalue weighted by molar-refractivity contribution is -0.137. The van der Waals surface area contributed by atoms with Crippen LogP contribution in [-0.2, 0) is 11.3 Å². The Bertz CT molecular complexity index is 968. The fourth-order valence-electron chi connectivity index (χ4n) is 4.93. The fraction of sp³-hybridized carbons (Fsp3) is 0.481. The average molecular weight is 470 g/mol. The predicted octanol–water partition coefficient (Wildman–Crippen LogP) is 4.33. The molecular weight excluding hydrogens is 436 g/mol. The Morgan fingerprint density at radius 3 is 2.24 bits per heavy atom. The summed E-state index contributed by atoms with van der Waals surface area (Å²) in [5.74, 6) is -0.783. The van der Waals surface area contributed by atoms with Gasteiger partial charge >= 0.3 is 0 Å². The molecule has 0 atom stereocenters. The second-order valence-electron chi connectivity index (χ2n) is 9.33. The van der Waals surface area contributed by atoms with Gasteiger partial charge in [-0.05, 0) is 42.7 Å². The Morgan fingerprint density at radius 1 is 0.882 bits per heavy atom. The van der Waals surface area contributed by atoms with E-state index in [1.54, 1.807) is 29.2 Å². The lowest BCUT2D eigenvalue weighted by Crippen LogP contribution is -2.51. The molecule has 0 N–H and O–H groups in total. The molecule has 2 fully saturated rings. The molecule has 1 aliphatic carbocycles. The maximum Gasteiger partial charge on any atom is 0.256 e. The van der Waals surface area contributed by atoms with Crippen molar-refractivity contribution in [2.24, 2.45) is 5.92 Å². The van der Waals surface area contributed by atoms with Gasteiger partial charge in [0.1, 0.15) is 11.6 Å². The van der Waals surface area contributed by atoms with Crippen molar-refractivity contribution in [1.82, 2.24) is 14.7 Å². The molecule has 7 heteroatoms. The Balaban J connectivity index is 1.33. The topological polar surface area (TPSA) is 43.9 Å². The molecule has 0 spiro atoms. The lowest BCUT2D eigenvalue weighted by Gasteiger charge is -2.36. The van der Waals surface area contributed by atoms with Gasteiger partial charge in [-0.2, -0.15) is 0 Å². The van der Waals surface area contributed by atoms with Crippen molar-refractivity contribution in [3.63, 3.8) is 0 Å². The van der Waals surface area contributed by atoms with Gasteiger partial charge in [-0.3, -0.25) is 14.5 Å². The maximum atomic E-state index is 14.0. The quantitative estimate of drug-likeness (QED) is 0.606. The number of hydrogen-bond acceptors (Lipinski definition) is 3. The predicted molar refractivity (Wildman–Crippen MR) is 127 cm³/mol. The summed E-state index contributed by atoms with van der Waals surface area (Å²) in [6, 6.07) is 12.4. The van der Waals surface area contributed by atoms with Crippen molar-refractivity contribution in [2.75, 3.05) is 39.3 Å². The van der Waals surface area contributed by atoms with Crippen molar-refractivity contribution < 1.29 is 18.4 Å². The first-order valence-electron chi connectivity index (χ1n) is 12.3. The third-order valence-corrected chi connectivity index (χ3v) is 7.00. The molecule has 2 aliphatic rings. The molecule has 2 amide bonds. The summed E-state index contributed by atoms with van der Waals surface area (Å²) >= 11 is 0. The molecule has 0 aromatic heterocycles. The van der Waals surface area contributed by atoms with Gasteiger partial charge in [0.25, 0.3) is 5.91 Å². The third kappa shape index (κ3) is 6.20. The Labute approximate surface area is 200 Å². The SMILES string of the molecule is O=C(c1ccccc1F)N1CCN(CCN(Cc2ccc(F)cc2)C(=O)C2CCCCC2)CC1. The number of rotatable bonds is 7. The van der Waals surface area contributed by atoms with Gasteiger partial charge in [0.05, 0.1) is 5.56 Å². The first kappa shape index (κ1) is 24.3. The lowest BCUT2D eigenvalue weighted by atomic mass is 9.88. The second-order valence-corrected chi connectivity index (χ2v) is 9.33. The summed E-state index contributed by atoms with van der Waals surface area (Å²) in [7, 11) is 0. The van der Waals surface area contributed by atoms with E-state index in [-0.39, 0.29) is 29.1 Å². The zero-order chi connectivity index (χ0) is 23.9. The maximum absolute atomic E-state index is 14.0. The largest absolute Gasteiger partial charge is 0.337 e. The Hall–Kier alpha value is -2.80. The molecule has 182 valence electrons. The van der Waals surface area contributed by atoms with Gasteiger partial charge in [0, 0.05) is 51.7 Å². The van der Waals surface area contributed by atoms with E-state index in [1.807, 2.05) is 4.90 Å². The average Bonchev–Trinajstić information content (AvgIpc) is 2.88. The minimum absolute atomic E-state index is 0.0736.